The van der Waals surface area contributed by atoms with E-state index in [-0.39, 0.29) is 25.9 Å². The van der Waals surface area contributed by atoms with E-state index in [2.05, 4.69) is 0 Å². The lowest BCUT2D eigenvalue weighted by Crippen LogP contribution is -2.09. The summed E-state index contributed by atoms with van der Waals surface area (Å²) in [5.41, 5.74) is 0.886. The molecule has 0 aliphatic heterocycles. The molecule has 0 aromatic heterocycles. The zero-order valence-electron chi connectivity index (χ0n) is 16.6. The Morgan fingerprint density at radius 2 is 1.26 bits per heavy atom. The summed E-state index contributed by atoms with van der Waals surface area (Å²) in [7, 11) is 0. The first-order valence-electron chi connectivity index (χ1n) is 9.42. The molecule has 2 atom stereocenters. The van der Waals surface area contributed by atoms with Gasteiger partial charge in [-0.1, -0.05) is 71.7 Å². The van der Waals surface area contributed by atoms with Gasteiger partial charge in [0, 0.05) is 11.1 Å². The summed E-state index contributed by atoms with van der Waals surface area (Å²) in [6, 6.07) is 18.2. The average molecular weight is 493 g/mol. The molecule has 0 saturated heterocycles. The smallest absolute Gasteiger partial charge is 0.191 e. The van der Waals surface area contributed by atoms with Gasteiger partial charge < -0.3 is 4.55 Å². The van der Waals surface area contributed by atoms with E-state index in [0.717, 1.165) is 16.2 Å². The number of rotatable bonds is 5. The maximum Gasteiger partial charge on any atom is 0.191 e. The van der Waals surface area contributed by atoms with Gasteiger partial charge in [-0.25, -0.2) is 8.42 Å². The fourth-order valence-electron chi connectivity index (χ4n) is 3.64. The molecule has 4 aromatic carbocycles. The molecule has 8 heteroatoms. The molecule has 0 amide bonds. The predicted octanol–water partition coefficient (Wildman–Crippen LogP) is 7.00. The Morgan fingerprint density at radius 3 is 1.74 bits per heavy atom. The minimum absolute atomic E-state index is 0.0376. The van der Waals surface area contributed by atoms with Crippen LogP contribution in [0.25, 0.3) is 32.7 Å². The van der Waals surface area contributed by atoms with Crippen LogP contribution >= 0.6 is 23.2 Å². The van der Waals surface area contributed by atoms with E-state index in [9.17, 15) is 13.0 Å². The van der Waals surface area contributed by atoms with Gasteiger partial charge in [-0.2, -0.15) is 0 Å². The summed E-state index contributed by atoms with van der Waals surface area (Å²) < 4.78 is 41.4. The molecule has 0 spiro atoms. The summed E-state index contributed by atoms with van der Waals surface area (Å²) in [4.78, 5) is 0.281. The molecule has 0 aliphatic rings. The van der Waals surface area contributed by atoms with Crippen molar-refractivity contribution in [2.45, 2.75) is 29.7 Å². The molecule has 31 heavy (non-hydrogen) atoms. The van der Waals surface area contributed by atoms with Crippen LogP contribution < -0.4 is 0 Å². The molecule has 0 bridgehead atoms. The van der Waals surface area contributed by atoms with E-state index in [0.29, 0.717) is 16.5 Å². The van der Waals surface area contributed by atoms with Gasteiger partial charge in [-0.3, -0.25) is 4.18 Å². The Kier molecular flexibility index (Phi) is 6.49. The molecule has 0 radical (unpaired) electrons. The van der Waals surface area contributed by atoms with Crippen molar-refractivity contribution in [2.24, 2.45) is 0 Å². The highest BCUT2D eigenvalue weighted by Gasteiger charge is 2.27. The largest absolute Gasteiger partial charge is 0.302 e. The Labute approximate surface area is 195 Å². The summed E-state index contributed by atoms with van der Waals surface area (Å²) in [5, 5.41) is 3.38. The normalized spacial score (nSPS) is 13.7. The fraction of sp³-hybridized carbons (Fsp3) is 0.130. The van der Waals surface area contributed by atoms with Crippen molar-refractivity contribution in [3.63, 3.8) is 0 Å². The summed E-state index contributed by atoms with van der Waals surface area (Å²) in [6.07, 6.45) is -0.321. The average Bonchev–Trinajstić information content (AvgIpc) is 2.71. The summed E-state index contributed by atoms with van der Waals surface area (Å²) in [6.45, 7) is 3.55. The molecule has 4 aromatic rings. The molecule has 0 heterocycles. The van der Waals surface area contributed by atoms with E-state index in [1.807, 2.05) is 48.5 Å². The highest BCUT2D eigenvalue weighted by Crippen LogP contribution is 2.46. The lowest BCUT2D eigenvalue weighted by atomic mass is 9.93. The van der Waals surface area contributed by atoms with Crippen molar-refractivity contribution in [1.82, 2.24) is 0 Å². The van der Waals surface area contributed by atoms with Gasteiger partial charge >= 0.3 is 0 Å². The van der Waals surface area contributed by atoms with Gasteiger partial charge in [0.2, 0.25) is 0 Å². The SMILES string of the molecule is CC(C)OS(=O)c1c(Cl)cc2ccccc2c1-c1c(S(=O)O)c(Cl)cc2ccccc12. The van der Waals surface area contributed by atoms with Crippen molar-refractivity contribution in [2.75, 3.05) is 0 Å². The number of halogens is 2. The zero-order valence-corrected chi connectivity index (χ0v) is 19.7. The second-order valence-corrected chi connectivity index (χ2v) is 9.99. The molecule has 0 saturated carbocycles. The van der Waals surface area contributed by atoms with Crippen LogP contribution in [-0.2, 0) is 26.3 Å². The molecule has 160 valence electrons. The third-order valence-electron chi connectivity index (χ3n) is 4.78. The topological polar surface area (TPSA) is 63.6 Å². The Bertz CT molecular complexity index is 1370. The molecule has 2 unspecified atom stereocenters. The van der Waals surface area contributed by atoms with E-state index in [1.165, 1.54) is 0 Å². The van der Waals surface area contributed by atoms with Crippen LogP contribution in [0.1, 0.15) is 13.8 Å². The highest BCUT2D eigenvalue weighted by atomic mass is 35.5. The second-order valence-electron chi connectivity index (χ2n) is 7.20. The molecule has 4 rings (SSSR count). The number of benzene rings is 4. The summed E-state index contributed by atoms with van der Waals surface area (Å²) >= 11 is 8.76. The van der Waals surface area contributed by atoms with Crippen molar-refractivity contribution < 1.29 is 17.2 Å². The minimum Gasteiger partial charge on any atom is -0.302 e. The van der Waals surface area contributed by atoms with Crippen LogP contribution in [0.15, 0.2) is 70.5 Å². The van der Waals surface area contributed by atoms with E-state index >= 15 is 0 Å². The summed E-state index contributed by atoms with van der Waals surface area (Å²) in [5.74, 6) is 0. The van der Waals surface area contributed by atoms with E-state index in [1.54, 1.807) is 26.0 Å². The number of hydrogen-bond acceptors (Lipinski definition) is 3. The van der Waals surface area contributed by atoms with Gasteiger partial charge in [-0.15, -0.1) is 0 Å². The van der Waals surface area contributed by atoms with Gasteiger partial charge in [0.05, 0.1) is 25.9 Å². The minimum atomic E-state index is -2.41. The molecule has 1 N–H and O–H groups in total. The monoisotopic (exact) mass is 492 g/mol. The lowest BCUT2D eigenvalue weighted by Gasteiger charge is -2.20. The first kappa shape index (κ1) is 22.4. The zero-order chi connectivity index (χ0) is 22.3. The van der Waals surface area contributed by atoms with Gasteiger partial charge in [0.25, 0.3) is 0 Å². The first-order chi connectivity index (χ1) is 14.8. The Morgan fingerprint density at radius 1 is 0.806 bits per heavy atom. The molecular formula is C23H18Cl2O4S2. The van der Waals surface area contributed by atoms with Gasteiger partial charge in [-0.05, 0) is 47.5 Å². The quantitative estimate of drug-likeness (QED) is 0.304. The van der Waals surface area contributed by atoms with Crippen molar-refractivity contribution in [3.05, 3.63) is 70.7 Å². The second kappa shape index (κ2) is 8.98. The van der Waals surface area contributed by atoms with Crippen LogP contribution in [0, 0.1) is 0 Å². The van der Waals surface area contributed by atoms with Crippen LogP contribution in [0.2, 0.25) is 10.0 Å². The molecule has 0 aliphatic carbocycles. The third-order valence-corrected chi connectivity index (χ3v) is 7.69. The highest BCUT2D eigenvalue weighted by molar-refractivity contribution is 7.80. The fourth-order valence-corrected chi connectivity index (χ4v) is 6.11. The van der Waals surface area contributed by atoms with Crippen LogP contribution in [0.3, 0.4) is 0 Å². The number of hydrogen-bond donors (Lipinski definition) is 1. The third kappa shape index (κ3) is 4.16. The molecule has 4 nitrogen and oxygen atoms in total. The van der Waals surface area contributed by atoms with Crippen molar-refractivity contribution in [1.29, 1.82) is 0 Å². The molecule has 0 fully saturated rings. The Hall–Kier alpha value is -1.80. The van der Waals surface area contributed by atoms with Crippen molar-refractivity contribution >= 4 is 66.9 Å². The maximum atomic E-state index is 13.2. The van der Waals surface area contributed by atoms with Gasteiger partial charge in [0.1, 0.15) is 0 Å². The van der Waals surface area contributed by atoms with Crippen LogP contribution in [-0.4, -0.2) is 19.1 Å². The first-order valence-corrected chi connectivity index (χ1v) is 12.4. The maximum absolute atomic E-state index is 13.2. The Balaban J connectivity index is 2.26. The molecular weight excluding hydrogens is 475 g/mol. The standard InChI is InChI=1S/C23H18Cl2O4S2/c1-13(2)29-31(28)23-19(25)12-15-8-4-6-10-17(15)21(23)20-16-9-5-3-7-14(16)11-18(24)22(20)30(26)27/h3-13H,1-2H3,(H,26,27). The predicted molar refractivity (Wildman–Crippen MR) is 129 cm³/mol. The number of fused-ring (bicyclic) bond motifs is 2. The van der Waals surface area contributed by atoms with E-state index < -0.39 is 22.2 Å². The van der Waals surface area contributed by atoms with Gasteiger partial charge in [0.15, 0.2) is 22.2 Å². The van der Waals surface area contributed by atoms with Crippen molar-refractivity contribution in [3.8, 4) is 11.1 Å². The van der Waals surface area contributed by atoms with Crippen LogP contribution in [0.5, 0.6) is 0 Å². The van der Waals surface area contributed by atoms with Crippen LogP contribution in [0.4, 0.5) is 0 Å². The lowest BCUT2D eigenvalue weighted by molar-refractivity contribution is 0.270. The van der Waals surface area contributed by atoms with E-state index in [4.69, 9.17) is 27.4 Å².